The zero-order valence-corrected chi connectivity index (χ0v) is 51.4. The van der Waals surface area contributed by atoms with Crippen LogP contribution in [0.5, 0.6) is 0 Å². The Hall–Kier alpha value is -10.6. The molecule has 0 unspecified atom stereocenters. The quantitative estimate of drug-likeness (QED) is 0.151. The third-order valence-electron chi connectivity index (χ3n) is 18.6. The van der Waals surface area contributed by atoms with E-state index in [9.17, 15) is 0 Å². The van der Waals surface area contributed by atoms with Gasteiger partial charge in [0.15, 0.2) is 0 Å². The molecule has 0 saturated carbocycles. The van der Waals surface area contributed by atoms with Crippen LogP contribution < -0.4 is 9.80 Å². The molecule has 0 bridgehead atoms. The molecule has 0 aliphatic heterocycles. The minimum Gasteiger partial charge on any atom is -0.309 e. The first-order chi connectivity index (χ1) is 44.6. The van der Waals surface area contributed by atoms with E-state index in [-0.39, 0.29) is 0 Å². The number of hydrogen-bond donors (Lipinski definition) is 0. The Morgan fingerprint density at radius 3 is 1.02 bits per heavy atom. The summed E-state index contributed by atoms with van der Waals surface area (Å²) in [7, 11) is 0. The summed E-state index contributed by atoms with van der Waals surface area (Å²) in [6, 6.07) is 109. The van der Waals surface area contributed by atoms with Crippen molar-refractivity contribution in [1.82, 2.24) is 9.13 Å². The van der Waals surface area contributed by atoms with E-state index < -0.39 is 0 Å². The normalized spacial score (nSPS) is 12.2. The number of thiophene rings is 4. The minimum absolute atomic E-state index is 1.11. The molecule has 0 aliphatic carbocycles. The fourth-order valence-corrected chi connectivity index (χ4v) is 19.4. The molecule has 0 spiro atoms. The molecule has 0 radical (unpaired) electrons. The lowest BCUT2D eigenvalue weighted by atomic mass is 10.0. The highest BCUT2D eigenvalue weighted by molar-refractivity contribution is 7.27. The molecule has 20 aromatic rings. The number of nitrogens with zero attached hydrogens (tertiary/aromatic N) is 4. The lowest BCUT2D eigenvalue weighted by Crippen LogP contribution is -2.10. The molecule has 0 aliphatic rings. The molecule has 8 heteroatoms. The van der Waals surface area contributed by atoms with Gasteiger partial charge in [-0.05, 0) is 144 Å². The smallest absolute Gasteiger partial charge is 0.0640 e. The molecule has 420 valence electrons. The number of hydrogen-bond acceptors (Lipinski definition) is 6. The van der Waals surface area contributed by atoms with Crippen molar-refractivity contribution in [2.45, 2.75) is 0 Å². The number of para-hydroxylation sites is 4. The molecule has 14 aromatic carbocycles. The van der Waals surface area contributed by atoms with Crippen LogP contribution in [0.3, 0.4) is 0 Å². The predicted octanol–water partition coefficient (Wildman–Crippen LogP) is 25.4. The van der Waals surface area contributed by atoms with Gasteiger partial charge in [0.25, 0.3) is 0 Å². The number of benzene rings is 14. The van der Waals surface area contributed by atoms with Crippen LogP contribution in [0.1, 0.15) is 0 Å². The molecule has 6 aromatic heterocycles. The molecule has 6 heterocycles. The fourth-order valence-electron chi connectivity index (χ4n) is 14.6. The van der Waals surface area contributed by atoms with Gasteiger partial charge in [0.05, 0.1) is 42.8 Å². The molecule has 0 atom stereocenters. The standard InChI is InChI=1S/C82H48N4S4/c1-3-17-51(18-4-1)85-69-27-11-7-21-57(69)59-37-33-53(45-73(59)85)83(71-29-15-25-65-61-23-9-13-31-75(61)89-81(65)71)55-35-39-63-67-41-49-42-68-64-40-36-56(48-80(64)88-78(68)44-50(49)43-77(67)87-79(63)47-55)84(72-30-16-26-66-62-24-10-14-32-76(62)90-82(66)72)54-34-38-60-58-22-8-12-28-70(58)86(74(60)46-54)52-19-5-2-6-20-52/h1-48H. The van der Waals surface area contributed by atoms with E-state index in [4.69, 9.17) is 0 Å². The van der Waals surface area contributed by atoms with Crippen LogP contribution in [-0.2, 0) is 0 Å². The van der Waals surface area contributed by atoms with E-state index in [0.29, 0.717) is 0 Å². The lowest BCUT2D eigenvalue weighted by molar-refractivity contribution is 1.18. The van der Waals surface area contributed by atoms with Gasteiger partial charge < -0.3 is 18.9 Å². The van der Waals surface area contributed by atoms with E-state index in [1.807, 2.05) is 45.3 Å². The summed E-state index contributed by atoms with van der Waals surface area (Å²) in [4.78, 5) is 5.01. The monoisotopic (exact) mass is 1220 g/mol. The lowest BCUT2D eigenvalue weighted by Gasteiger charge is -2.26. The Labute approximate surface area is 532 Å². The van der Waals surface area contributed by atoms with Gasteiger partial charge in [-0.25, -0.2) is 0 Å². The maximum absolute atomic E-state index is 2.50. The Morgan fingerprint density at radius 2 is 0.556 bits per heavy atom. The summed E-state index contributed by atoms with van der Waals surface area (Å²) in [5.74, 6) is 0. The molecule has 90 heavy (non-hydrogen) atoms. The van der Waals surface area contributed by atoms with Crippen molar-refractivity contribution < 1.29 is 0 Å². The van der Waals surface area contributed by atoms with Gasteiger partial charge in [-0.15, -0.1) is 45.3 Å². The summed E-state index contributed by atoms with van der Waals surface area (Å²) in [5, 5.41) is 17.7. The summed E-state index contributed by atoms with van der Waals surface area (Å²) in [6.45, 7) is 0. The molecule has 20 rings (SSSR count). The Balaban J connectivity index is 0.730. The third kappa shape index (κ3) is 7.51. The maximum Gasteiger partial charge on any atom is 0.0640 e. The Kier molecular flexibility index (Phi) is 10.9. The highest BCUT2D eigenvalue weighted by Crippen LogP contribution is 2.51. The molecule has 4 nitrogen and oxygen atoms in total. The first kappa shape index (κ1) is 50.4. The zero-order valence-electron chi connectivity index (χ0n) is 48.1. The van der Waals surface area contributed by atoms with Crippen molar-refractivity contribution in [2.75, 3.05) is 9.80 Å². The molecular formula is C82H48N4S4. The van der Waals surface area contributed by atoms with Gasteiger partial charge >= 0.3 is 0 Å². The van der Waals surface area contributed by atoms with Crippen LogP contribution in [0.2, 0.25) is 0 Å². The first-order valence-corrected chi connectivity index (χ1v) is 33.7. The second-order valence-electron chi connectivity index (χ2n) is 23.6. The van der Waals surface area contributed by atoms with Crippen LogP contribution in [0.4, 0.5) is 34.1 Å². The van der Waals surface area contributed by atoms with Gasteiger partial charge in [0, 0.05) is 127 Å². The number of anilines is 6. The second-order valence-corrected chi connectivity index (χ2v) is 27.8. The number of aromatic nitrogens is 2. The van der Waals surface area contributed by atoms with Crippen molar-refractivity contribution in [1.29, 1.82) is 0 Å². The summed E-state index contributed by atoms with van der Waals surface area (Å²) in [6.07, 6.45) is 0. The Morgan fingerprint density at radius 1 is 0.211 bits per heavy atom. The van der Waals surface area contributed by atoms with Gasteiger partial charge in [-0.2, -0.15) is 0 Å². The van der Waals surface area contributed by atoms with E-state index >= 15 is 0 Å². The predicted molar refractivity (Wildman–Crippen MR) is 394 cm³/mol. The first-order valence-electron chi connectivity index (χ1n) is 30.4. The third-order valence-corrected chi connectivity index (χ3v) is 23.3. The van der Waals surface area contributed by atoms with Gasteiger partial charge in [0.1, 0.15) is 0 Å². The van der Waals surface area contributed by atoms with E-state index in [2.05, 4.69) is 310 Å². The summed E-state index contributed by atoms with van der Waals surface area (Å²) in [5.41, 5.74) is 13.9. The van der Waals surface area contributed by atoms with E-state index in [0.717, 1.165) is 34.1 Å². The van der Waals surface area contributed by atoms with Gasteiger partial charge in [0.2, 0.25) is 0 Å². The average molecular weight is 1220 g/mol. The van der Waals surface area contributed by atoms with Crippen LogP contribution in [0, 0.1) is 0 Å². The minimum atomic E-state index is 1.11. The van der Waals surface area contributed by atoms with Gasteiger partial charge in [-0.3, -0.25) is 0 Å². The van der Waals surface area contributed by atoms with Crippen LogP contribution in [0.15, 0.2) is 291 Å². The van der Waals surface area contributed by atoms with Crippen LogP contribution >= 0.6 is 45.3 Å². The fraction of sp³-hybridized carbons (Fsp3) is 0. The average Bonchev–Trinajstić information content (AvgIpc) is 1.74. The topological polar surface area (TPSA) is 16.3 Å². The second kappa shape index (κ2) is 19.5. The molecular weight excluding hydrogens is 1170 g/mol. The van der Waals surface area contributed by atoms with Crippen LogP contribution in [0.25, 0.3) is 146 Å². The van der Waals surface area contributed by atoms with Crippen molar-refractivity contribution in [2.24, 2.45) is 0 Å². The summed E-state index contributed by atoms with van der Waals surface area (Å²) >= 11 is 7.55. The van der Waals surface area contributed by atoms with E-state index in [1.165, 1.54) is 146 Å². The van der Waals surface area contributed by atoms with Crippen LogP contribution in [-0.4, -0.2) is 9.13 Å². The number of rotatable bonds is 8. The highest BCUT2D eigenvalue weighted by atomic mass is 32.1. The highest BCUT2D eigenvalue weighted by Gasteiger charge is 2.25. The van der Waals surface area contributed by atoms with Crippen molar-refractivity contribution in [3.05, 3.63) is 291 Å². The SMILES string of the molecule is c1ccc(-n2c3ccccc3c3ccc(N(c4ccc5c(c4)sc4cc6cc7sc8cc(N(c9ccc%10c%11ccccc%11n(-c%11ccccc%11)c%10c9)c9cccc%10c9sc9ccccc9%10)ccc8c7cc6cc45)c4cccc5c4sc4ccccc45)cc32)cc1. The zero-order chi connectivity index (χ0) is 58.7. The van der Waals surface area contributed by atoms with Crippen molar-refractivity contribution >= 4 is 215 Å². The van der Waals surface area contributed by atoms with Crippen molar-refractivity contribution in [3.63, 3.8) is 0 Å². The summed E-state index contributed by atoms with van der Waals surface area (Å²) < 4.78 is 15.1. The van der Waals surface area contributed by atoms with Crippen molar-refractivity contribution in [3.8, 4) is 11.4 Å². The molecule has 0 N–H and O–H groups in total. The maximum atomic E-state index is 2.50. The Bertz CT molecular complexity index is 5990. The largest absolute Gasteiger partial charge is 0.309 e. The van der Waals surface area contributed by atoms with E-state index in [1.54, 1.807) is 0 Å². The molecule has 0 fully saturated rings. The number of fused-ring (bicyclic) bond motifs is 19. The molecule has 0 amide bonds. The van der Waals surface area contributed by atoms with Gasteiger partial charge in [-0.1, -0.05) is 158 Å². The molecule has 0 saturated heterocycles.